The van der Waals surface area contributed by atoms with Gasteiger partial charge < -0.3 is 0 Å². The van der Waals surface area contributed by atoms with Crippen molar-refractivity contribution in [3.63, 3.8) is 0 Å². The Morgan fingerprint density at radius 2 is 1.69 bits per heavy atom. The van der Waals surface area contributed by atoms with Gasteiger partial charge in [-0.2, -0.15) is 13.2 Å². The molecule has 0 fully saturated rings. The highest BCUT2D eigenvalue weighted by Crippen LogP contribution is 2.41. The molecular weight excluding hydrogens is 336 g/mol. The summed E-state index contributed by atoms with van der Waals surface area (Å²) in [6, 6.07) is 2.50. The minimum absolute atomic E-state index is 0.0700. The lowest BCUT2D eigenvalue weighted by Crippen LogP contribution is -2.06. The Labute approximate surface area is 94.3 Å². The smallest absolute Gasteiger partial charge is 0.166 e. The number of hydrogen-bond donors (Lipinski definition) is 0. The number of alkyl halides is 3. The van der Waals surface area contributed by atoms with Crippen LogP contribution in [0.1, 0.15) is 5.56 Å². The van der Waals surface area contributed by atoms with Crippen molar-refractivity contribution in [1.29, 1.82) is 0 Å². The van der Waals surface area contributed by atoms with E-state index in [1.165, 1.54) is 12.1 Å². The van der Waals surface area contributed by atoms with Crippen molar-refractivity contribution in [1.82, 2.24) is 0 Å². The molecule has 0 spiro atoms. The monoisotopic (exact) mass is 336 g/mol. The van der Waals surface area contributed by atoms with Gasteiger partial charge in [0.15, 0.2) is 0 Å². The highest BCUT2D eigenvalue weighted by atomic mass is 79.9. The molecule has 72 valence electrons. The molecule has 1 rings (SSSR count). The molecule has 0 bridgehead atoms. The van der Waals surface area contributed by atoms with Gasteiger partial charge in [0.25, 0.3) is 0 Å². The topological polar surface area (TPSA) is 0 Å². The molecule has 0 aliphatic heterocycles. The molecule has 0 nitrogen and oxygen atoms in total. The van der Waals surface area contributed by atoms with E-state index in [1.54, 1.807) is 0 Å². The number of hydrogen-bond acceptors (Lipinski definition) is 0. The third-order valence-corrected chi connectivity index (χ3v) is 2.67. The molecule has 1 aromatic carbocycles. The molecule has 6 heteroatoms. The Morgan fingerprint density at radius 3 is 2.08 bits per heavy atom. The third kappa shape index (κ3) is 2.60. The van der Waals surface area contributed by atoms with Gasteiger partial charge in [-0.25, -0.2) is 0 Å². The lowest BCUT2D eigenvalue weighted by molar-refractivity contribution is -0.138. The second kappa shape index (κ2) is 3.79. The van der Waals surface area contributed by atoms with Crippen molar-refractivity contribution in [2.75, 3.05) is 0 Å². The minimum Gasteiger partial charge on any atom is -0.166 e. The van der Waals surface area contributed by atoms with Crippen LogP contribution in [0.25, 0.3) is 0 Å². The zero-order chi connectivity index (χ0) is 10.2. The predicted octanol–water partition coefficient (Wildman–Crippen LogP) is 4.88. The SMILES string of the molecule is FC(F)(F)c1c(Cl)cc(Br)cc1Br. The van der Waals surface area contributed by atoms with Crippen molar-refractivity contribution in [3.05, 3.63) is 31.7 Å². The van der Waals surface area contributed by atoms with Gasteiger partial charge in [-0.3, -0.25) is 0 Å². The van der Waals surface area contributed by atoms with Crippen LogP contribution >= 0.6 is 43.5 Å². The first-order chi connectivity index (χ1) is 5.82. The summed E-state index contributed by atoms with van der Waals surface area (Å²) in [6.45, 7) is 0. The van der Waals surface area contributed by atoms with Gasteiger partial charge in [-0.1, -0.05) is 43.5 Å². The van der Waals surface area contributed by atoms with E-state index in [4.69, 9.17) is 11.6 Å². The molecule has 0 saturated carbocycles. The summed E-state index contributed by atoms with van der Waals surface area (Å²) in [4.78, 5) is 0. The lowest BCUT2D eigenvalue weighted by atomic mass is 10.2. The second-order valence-corrected chi connectivity index (χ2v) is 4.42. The molecule has 13 heavy (non-hydrogen) atoms. The van der Waals surface area contributed by atoms with E-state index in [2.05, 4.69) is 31.9 Å². The van der Waals surface area contributed by atoms with E-state index in [0.29, 0.717) is 4.47 Å². The van der Waals surface area contributed by atoms with Gasteiger partial charge in [-0.05, 0) is 12.1 Å². The van der Waals surface area contributed by atoms with Crippen LogP contribution in [0.3, 0.4) is 0 Å². The Hall–Kier alpha value is 0.260. The fourth-order valence-electron chi connectivity index (χ4n) is 0.813. The van der Waals surface area contributed by atoms with Gasteiger partial charge >= 0.3 is 6.18 Å². The molecule has 0 aromatic heterocycles. The summed E-state index contributed by atoms with van der Waals surface area (Å²) >= 11 is 11.3. The summed E-state index contributed by atoms with van der Waals surface area (Å²) in [5.74, 6) is 0. The maximum absolute atomic E-state index is 12.3. The Kier molecular flexibility index (Phi) is 3.30. The van der Waals surface area contributed by atoms with Crippen LogP contribution < -0.4 is 0 Å². The van der Waals surface area contributed by atoms with Crippen LogP contribution in [0.15, 0.2) is 21.1 Å². The summed E-state index contributed by atoms with van der Waals surface area (Å²) in [5.41, 5.74) is -0.850. The summed E-state index contributed by atoms with van der Waals surface area (Å²) in [7, 11) is 0. The van der Waals surface area contributed by atoms with Crippen molar-refractivity contribution < 1.29 is 13.2 Å². The van der Waals surface area contributed by atoms with E-state index >= 15 is 0 Å². The van der Waals surface area contributed by atoms with Gasteiger partial charge in [0.1, 0.15) is 0 Å². The standard InChI is InChI=1S/C7H2Br2ClF3/c8-3-1-4(9)6(5(10)2-3)7(11,12)13/h1-2H. The number of rotatable bonds is 0. The van der Waals surface area contributed by atoms with Crippen molar-refractivity contribution in [2.45, 2.75) is 6.18 Å². The summed E-state index contributed by atoms with van der Waals surface area (Å²) < 4.78 is 37.4. The lowest BCUT2D eigenvalue weighted by Gasteiger charge is -2.11. The van der Waals surface area contributed by atoms with Crippen LogP contribution in [0.4, 0.5) is 13.2 Å². The zero-order valence-electron chi connectivity index (χ0n) is 5.92. The molecule has 0 radical (unpaired) electrons. The third-order valence-electron chi connectivity index (χ3n) is 1.29. The largest absolute Gasteiger partial charge is 0.418 e. The summed E-state index contributed by atoms with van der Waals surface area (Å²) in [6.07, 6.45) is -4.43. The molecule has 0 saturated heterocycles. The van der Waals surface area contributed by atoms with E-state index in [9.17, 15) is 13.2 Å². The number of benzene rings is 1. The normalized spacial score (nSPS) is 11.8. The molecule has 0 aliphatic rings. The van der Waals surface area contributed by atoms with Crippen LogP contribution in [0.5, 0.6) is 0 Å². The van der Waals surface area contributed by atoms with Gasteiger partial charge in [0.2, 0.25) is 0 Å². The average molecular weight is 338 g/mol. The van der Waals surface area contributed by atoms with Crippen LogP contribution in [0.2, 0.25) is 5.02 Å². The fourth-order valence-corrected chi connectivity index (χ4v) is 2.84. The Bertz CT molecular complexity index is 312. The molecule has 0 amide bonds. The van der Waals surface area contributed by atoms with Gasteiger partial charge in [0, 0.05) is 8.95 Å². The van der Waals surface area contributed by atoms with Crippen molar-refractivity contribution >= 4 is 43.5 Å². The van der Waals surface area contributed by atoms with Crippen LogP contribution in [-0.2, 0) is 6.18 Å². The second-order valence-electron chi connectivity index (χ2n) is 2.24. The molecule has 0 unspecified atom stereocenters. The van der Waals surface area contributed by atoms with Gasteiger partial charge in [0.05, 0.1) is 10.6 Å². The fraction of sp³-hybridized carbons (Fsp3) is 0.143. The van der Waals surface area contributed by atoms with E-state index in [-0.39, 0.29) is 9.50 Å². The van der Waals surface area contributed by atoms with Gasteiger partial charge in [-0.15, -0.1) is 0 Å². The van der Waals surface area contributed by atoms with Crippen molar-refractivity contribution in [3.8, 4) is 0 Å². The molecule has 0 atom stereocenters. The maximum atomic E-state index is 12.3. The minimum atomic E-state index is -4.43. The van der Waals surface area contributed by atoms with E-state index < -0.39 is 11.7 Å². The molecule has 0 heterocycles. The Balaban J connectivity index is 3.38. The van der Waals surface area contributed by atoms with Crippen LogP contribution in [0, 0.1) is 0 Å². The zero-order valence-corrected chi connectivity index (χ0v) is 9.85. The molecule has 0 aliphatic carbocycles. The Morgan fingerprint density at radius 1 is 1.15 bits per heavy atom. The maximum Gasteiger partial charge on any atom is 0.418 e. The first kappa shape index (κ1) is 11.3. The highest BCUT2D eigenvalue weighted by Gasteiger charge is 2.35. The quantitative estimate of drug-likeness (QED) is 0.632. The first-order valence-electron chi connectivity index (χ1n) is 3.04. The van der Waals surface area contributed by atoms with Crippen molar-refractivity contribution in [2.24, 2.45) is 0 Å². The van der Waals surface area contributed by atoms with E-state index in [1.807, 2.05) is 0 Å². The average Bonchev–Trinajstić information content (AvgIpc) is 1.78. The highest BCUT2D eigenvalue weighted by molar-refractivity contribution is 9.11. The first-order valence-corrected chi connectivity index (χ1v) is 5.00. The van der Waals surface area contributed by atoms with Crippen LogP contribution in [-0.4, -0.2) is 0 Å². The number of halogens is 6. The summed E-state index contributed by atoms with van der Waals surface area (Å²) in [5, 5.41) is -0.325. The van der Waals surface area contributed by atoms with E-state index in [0.717, 1.165) is 0 Å². The molecular formula is C7H2Br2ClF3. The predicted molar refractivity (Wildman–Crippen MR) is 51.9 cm³/mol. The molecule has 1 aromatic rings. The molecule has 0 N–H and O–H groups in total.